The molecule has 1 aromatic heterocycles. The first-order valence-corrected chi connectivity index (χ1v) is 3.06. The zero-order valence-corrected chi connectivity index (χ0v) is 6.21. The highest BCUT2D eigenvalue weighted by Crippen LogP contribution is 2.00. The van der Waals surface area contributed by atoms with Crippen LogP contribution in [0.4, 0.5) is 0 Å². The first kappa shape index (κ1) is 5.15. The standard InChI is InChI=1S/C5H6IN/c1-5-2-3-7(6)4-5/h2-4H,1H3. The van der Waals surface area contributed by atoms with Gasteiger partial charge in [0, 0.05) is 12.4 Å². The van der Waals surface area contributed by atoms with Crippen LogP contribution in [0, 0.1) is 6.92 Å². The van der Waals surface area contributed by atoms with E-state index in [0.717, 1.165) is 0 Å². The summed E-state index contributed by atoms with van der Waals surface area (Å²) in [6, 6.07) is 2.08. The third-order valence-corrected chi connectivity index (χ3v) is 1.41. The Morgan fingerprint density at radius 1 is 1.71 bits per heavy atom. The van der Waals surface area contributed by atoms with Crippen LogP contribution in [0.2, 0.25) is 0 Å². The van der Waals surface area contributed by atoms with Crippen molar-refractivity contribution in [3.63, 3.8) is 0 Å². The number of hydrogen-bond donors (Lipinski definition) is 0. The summed E-state index contributed by atoms with van der Waals surface area (Å²) in [6.45, 7) is 2.08. The number of rotatable bonds is 0. The summed E-state index contributed by atoms with van der Waals surface area (Å²) < 4.78 is 2.01. The molecule has 0 atom stereocenters. The van der Waals surface area contributed by atoms with E-state index in [2.05, 4.69) is 42.1 Å². The van der Waals surface area contributed by atoms with Crippen LogP contribution in [-0.4, -0.2) is 2.78 Å². The molecule has 7 heavy (non-hydrogen) atoms. The van der Waals surface area contributed by atoms with Gasteiger partial charge < -0.3 is 0 Å². The molecule has 0 aliphatic heterocycles. The zero-order chi connectivity index (χ0) is 5.28. The molecule has 0 saturated carbocycles. The van der Waals surface area contributed by atoms with E-state index in [1.165, 1.54) is 5.56 Å². The van der Waals surface area contributed by atoms with Gasteiger partial charge in [-0.3, -0.25) is 2.78 Å². The zero-order valence-electron chi connectivity index (χ0n) is 4.06. The third-order valence-electron chi connectivity index (χ3n) is 0.807. The summed E-state index contributed by atoms with van der Waals surface area (Å²) in [5, 5.41) is 0. The molecular weight excluding hydrogens is 201 g/mol. The van der Waals surface area contributed by atoms with Gasteiger partial charge in [-0.1, -0.05) is 0 Å². The van der Waals surface area contributed by atoms with E-state index in [0.29, 0.717) is 0 Å². The molecule has 0 amide bonds. The molecule has 2 heteroatoms. The van der Waals surface area contributed by atoms with Crippen molar-refractivity contribution in [1.82, 2.24) is 2.78 Å². The fraction of sp³-hybridized carbons (Fsp3) is 0.200. The van der Waals surface area contributed by atoms with Gasteiger partial charge in [-0.15, -0.1) is 0 Å². The Kier molecular flexibility index (Phi) is 1.37. The van der Waals surface area contributed by atoms with Crippen LogP contribution in [-0.2, 0) is 0 Å². The van der Waals surface area contributed by atoms with Crippen molar-refractivity contribution in [2.24, 2.45) is 0 Å². The van der Waals surface area contributed by atoms with Gasteiger partial charge in [0.1, 0.15) is 0 Å². The Morgan fingerprint density at radius 3 is 2.57 bits per heavy atom. The molecule has 0 aliphatic rings. The fourth-order valence-electron chi connectivity index (χ4n) is 0.469. The second-order valence-corrected chi connectivity index (χ2v) is 2.65. The summed E-state index contributed by atoms with van der Waals surface area (Å²) in [6.07, 6.45) is 4.09. The quantitative estimate of drug-likeness (QED) is 0.573. The Bertz CT molecular complexity index is 140. The lowest BCUT2D eigenvalue weighted by atomic mass is 10.4. The van der Waals surface area contributed by atoms with E-state index in [1.54, 1.807) is 0 Å². The lowest BCUT2D eigenvalue weighted by Crippen LogP contribution is -1.63. The molecule has 0 unspecified atom stereocenters. The van der Waals surface area contributed by atoms with Crippen LogP contribution < -0.4 is 0 Å². The summed E-state index contributed by atoms with van der Waals surface area (Å²) in [7, 11) is 0. The predicted molar refractivity (Wildman–Crippen MR) is 38.6 cm³/mol. The van der Waals surface area contributed by atoms with Crippen LogP contribution >= 0.6 is 22.9 Å². The van der Waals surface area contributed by atoms with Gasteiger partial charge in [-0.05, 0) is 18.6 Å². The van der Waals surface area contributed by atoms with Gasteiger partial charge >= 0.3 is 0 Å². The molecular formula is C5H6IN. The highest BCUT2D eigenvalue weighted by Gasteiger charge is 1.81. The minimum absolute atomic E-state index is 1.31. The number of aryl methyl sites for hydroxylation is 1. The maximum Gasteiger partial charge on any atom is 0.0634 e. The highest BCUT2D eigenvalue weighted by molar-refractivity contribution is 14.1. The minimum Gasteiger partial charge on any atom is -0.297 e. The van der Waals surface area contributed by atoms with Crippen molar-refractivity contribution in [2.45, 2.75) is 6.92 Å². The lowest BCUT2D eigenvalue weighted by molar-refractivity contribution is 1.34. The molecule has 0 radical (unpaired) electrons. The van der Waals surface area contributed by atoms with Crippen LogP contribution in [0.1, 0.15) is 5.56 Å². The van der Waals surface area contributed by atoms with Crippen molar-refractivity contribution in [3.8, 4) is 0 Å². The van der Waals surface area contributed by atoms with Crippen LogP contribution in [0.25, 0.3) is 0 Å². The Balaban J connectivity index is 3.04. The first-order valence-electron chi connectivity index (χ1n) is 2.10. The maximum absolute atomic E-state index is 2.22. The normalized spacial score (nSPS) is 9.43. The Hall–Kier alpha value is 0.01000. The molecule has 38 valence electrons. The number of hydrogen-bond acceptors (Lipinski definition) is 0. The highest BCUT2D eigenvalue weighted by atomic mass is 127. The van der Waals surface area contributed by atoms with Crippen LogP contribution in [0.3, 0.4) is 0 Å². The maximum atomic E-state index is 2.22. The molecule has 0 bridgehead atoms. The first-order chi connectivity index (χ1) is 3.29. The molecule has 1 nitrogen and oxygen atoms in total. The molecule has 0 spiro atoms. The van der Waals surface area contributed by atoms with E-state index in [1.807, 2.05) is 8.98 Å². The number of aromatic nitrogens is 1. The lowest BCUT2D eigenvalue weighted by Gasteiger charge is -1.77. The fourth-order valence-corrected chi connectivity index (χ4v) is 1.07. The van der Waals surface area contributed by atoms with Crippen molar-refractivity contribution in [2.75, 3.05) is 0 Å². The summed E-state index contributed by atoms with van der Waals surface area (Å²) >= 11 is 2.22. The minimum atomic E-state index is 1.31. The summed E-state index contributed by atoms with van der Waals surface area (Å²) in [5.41, 5.74) is 1.31. The predicted octanol–water partition coefficient (Wildman–Crippen LogP) is 1.99. The summed E-state index contributed by atoms with van der Waals surface area (Å²) in [4.78, 5) is 0. The topological polar surface area (TPSA) is 4.93 Å². The van der Waals surface area contributed by atoms with Crippen molar-refractivity contribution in [3.05, 3.63) is 24.0 Å². The molecule has 0 N–H and O–H groups in total. The molecule has 1 aromatic rings. The average Bonchev–Trinajstić information content (AvgIpc) is 1.87. The largest absolute Gasteiger partial charge is 0.297 e. The van der Waals surface area contributed by atoms with Crippen molar-refractivity contribution >= 4 is 22.9 Å². The Labute approximate surface area is 56.8 Å². The van der Waals surface area contributed by atoms with E-state index >= 15 is 0 Å². The van der Waals surface area contributed by atoms with Crippen LogP contribution in [0.15, 0.2) is 18.5 Å². The van der Waals surface area contributed by atoms with E-state index in [4.69, 9.17) is 0 Å². The van der Waals surface area contributed by atoms with E-state index in [-0.39, 0.29) is 0 Å². The molecule has 1 heterocycles. The second-order valence-electron chi connectivity index (χ2n) is 1.53. The van der Waals surface area contributed by atoms with Crippen molar-refractivity contribution in [1.29, 1.82) is 0 Å². The molecule has 0 fully saturated rings. The number of nitrogens with zero attached hydrogens (tertiary/aromatic N) is 1. The van der Waals surface area contributed by atoms with Gasteiger partial charge in [0.05, 0.1) is 22.9 Å². The van der Waals surface area contributed by atoms with Gasteiger partial charge in [0.25, 0.3) is 0 Å². The average molecular weight is 207 g/mol. The SMILES string of the molecule is Cc1ccn(I)c1. The molecule has 0 saturated heterocycles. The summed E-state index contributed by atoms with van der Waals surface area (Å²) in [5.74, 6) is 0. The molecule has 0 aromatic carbocycles. The molecule has 0 aliphatic carbocycles. The van der Waals surface area contributed by atoms with Gasteiger partial charge in [-0.2, -0.15) is 0 Å². The van der Waals surface area contributed by atoms with Gasteiger partial charge in [0.2, 0.25) is 0 Å². The smallest absolute Gasteiger partial charge is 0.0634 e. The second kappa shape index (κ2) is 1.86. The Morgan fingerprint density at radius 2 is 2.43 bits per heavy atom. The van der Waals surface area contributed by atoms with Crippen molar-refractivity contribution < 1.29 is 0 Å². The third kappa shape index (κ3) is 1.19. The van der Waals surface area contributed by atoms with Gasteiger partial charge in [-0.25, -0.2) is 0 Å². The van der Waals surface area contributed by atoms with Gasteiger partial charge in [0.15, 0.2) is 0 Å². The monoisotopic (exact) mass is 207 g/mol. The van der Waals surface area contributed by atoms with E-state index < -0.39 is 0 Å². The number of halogens is 1. The molecule has 1 rings (SSSR count). The van der Waals surface area contributed by atoms with E-state index in [9.17, 15) is 0 Å². The van der Waals surface area contributed by atoms with Crippen LogP contribution in [0.5, 0.6) is 0 Å².